The highest BCUT2D eigenvalue weighted by molar-refractivity contribution is 6.30. The third-order valence-electron chi connectivity index (χ3n) is 1.77. The fraction of sp³-hybridized carbons (Fsp3) is 0. The van der Waals surface area contributed by atoms with Crippen LogP contribution in [0.4, 0.5) is 5.69 Å². The van der Waals surface area contributed by atoms with Crippen LogP contribution in [0.15, 0.2) is 42.7 Å². The number of pyridine rings is 1. The predicted octanol–water partition coefficient (Wildman–Crippen LogP) is 3.11. The number of hydrogen-bond donors (Lipinski definition) is 1. The Morgan fingerprint density at radius 3 is 2.73 bits per heavy atom. The summed E-state index contributed by atoms with van der Waals surface area (Å²) in [5.41, 5.74) is 6.28. The third-order valence-corrected chi connectivity index (χ3v) is 1.98. The molecule has 0 fully saturated rings. The van der Waals surface area contributed by atoms with Gasteiger partial charge in [-0.15, -0.1) is 0 Å². The molecule has 0 saturated heterocycles. The number of benzene rings is 1. The van der Waals surface area contributed by atoms with Crippen LogP contribution in [-0.4, -0.2) is 4.98 Å². The molecule has 0 saturated carbocycles. The maximum Gasteiger partial charge on any atom is 0.147 e. The van der Waals surface area contributed by atoms with Crippen LogP contribution in [0.2, 0.25) is 5.02 Å². The molecule has 0 aliphatic carbocycles. The molecule has 0 aliphatic heterocycles. The summed E-state index contributed by atoms with van der Waals surface area (Å²) in [7, 11) is 0. The smallest absolute Gasteiger partial charge is 0.147 e. The van der Waals surface area contributed by atoms with Crippen molar-refractivity contribution >= 4 is 17.3 Å². The molecule has 1 aromatic heterocycles. The van der Waals surface area contributed by atoms with Crippen LogP contribution < -0.4 is 10.5 Å². The molecule has 15 heavy (non-hydrogen) atoms. The molecular weight excluding hydrogens is 212 g/mol. The van der Waals surface area contributed by atoms with Crippen LogP contribution in [0.5, 0.6) is 11.5 Å². The van der Waals surface area contributed by atoms with Crippen molar-refractivity contribution in [2.24, 2.45) is 0 Å². The first-order chi connectivity index (χ1) is 7.24. The van der Waals surface area contributed by atoms with Crippen LogP contribution in [0.3, 0.4) is 0 Å². The largest absolute Gasteiger partial charge is 0.456 e. The van der Waals surface area contributed by atoms with Gasteiger partial charge in [-0.05, 0) is 12.1 Å². The highest BCUT2D eigenvalue weighted by atomic mass is 35.5. The first kappa shape index (κ1) is 9.80. The maximum atomic E-state index is 5.78. The van der Waals surface area contributed by atoms with Gasteiger partial charge in [-0.1, -0.05) is 17.7 Å². The second kappa shape index (κ2) is 4.19. The first-order valence-electron chi connectivity index (χ1n) is 4.38. The Bertz CT molecular complexity index is 430. The lowest BCUT2D eigenvalue weighted by atomic mass is 10.3. The van der Waals surface area contributed by atoms with Gasteiger partial charge in [-0.3, -0.25) is 4.98 Å². The lowest BCUT2D eigenvalue weighted by Gasteiger charge is -2.05. The number of nitrogens with two attached hydrogens (primary N) is 1. The van der Waals surface area contributed by atoms with Gasteiger partial charge in [-0.2, -0.15) is 0 Å². The Labute approximate surface area is 92.5 Å². The fourth-order valence-corrected chi connectivity index (χ4v) is 1.33. The molecule has 1 aromatic carbocycles. The molecular formula is C11H9ClN2O. The monoisotopic (exact) mass is 220 g/mol. The van der Waals surface area contributed by atoms with Crippen LogP contribution in [0.1, 0.15) is 0 Å². The Balaban J connectivity index is 2.22. The van der Waals surface area contributed by atoms with Crippen molar-refractivity contribution in [3.05, 3.63) is 47.7 Å². The van der Waals surface area contributed by atoms with E-state index in [1.807, 2.05) is 12.1 Å². The Hall–Kier alpha value is -1.74. The molecule has 76 valence electrons. The highest BCUT2D eigenvalue weighted by Crippen LogP contribution is 2.24. The molecule has 0 aliphatic rings. The molecule has 2 N–H and O–H groups in total. The minimum absolute atomic E-state index is 0.538. The lowest BCUT2D eigenvalue weighted by molar-refractivity contribution is 0.480. The number of aromatic nitrogens is 1. The zero-order valence-electron chi connectivity index (χ0n) is 7.85. The molecule has 0 bridgehead atoms. The van der Waals surface area contributed by atoms with Crippen LogP contribution in [-0.2, 0) is 0 Å². The van der Waals surface area contributed by atoms with Gasteiger partial charge in [0.05, 0.1) is 11.2 Å². The summed E-state index contributed by atoms with van der Waals surface area (Å²) in [4.78, 5) is 3.91. The van der Waals surface area contributed by atoms with E-state index in [9.17, 15) is 0 Å². The number of halogens is 1. The summed E-state index contributed by atoms with van der Waals surface area (Å²) in [6.45, 7) is 0. The summed E-state index contributed by atoms with van der Waals surface area (Å²) >= 11 is 5.78. The second-order valence-electron chi connectivity index (χ2n) is 3.01. The molecule has 0 unspecified atom stereocenters. The number of ether oxygens (including phenoxy) is 1. The quantitative estimate of drug-likeness (QED) is 0.792. The number of anilines is 1. The van der Waals surface area contributed by atoms with E-state index in [1.165, 1.54) is 0 Å². The van der Waals surface area contributed by atoms with E-state index in [2.05, 4.69) is 4.98 Å². The van der Waals surface area contributed by atoms with Crippen LogP contribution in [0, 0.1) is 0 Å². The number of nitrogen functional groups attached to an aromatic ring is 1. The van der Waals surface area contributed by atoms with Gasteiger partial charge in [0.1, 0.15) is 11.5 Å². The van der Waals surface area contributed by atoms with Gasteiger partial charge in [0.2, 0.25) is 0 Å². The van der Waals surface area contributed by atoms with Crippen molar-refractivity contribution in [3.63, 3.8) is 0 Å². The Morgan fingerprint density at radius 2 is 2.00 bits per heavy atom. The van der Waals surface area contributed by atoms with Crippen LogP contribution in [0.25, 0.3) is 0 Å². The van der Waals surface area contributed by atoms with Crippen molar-refractivity contribution in [2.75, 3.05) is 5.73 Å². The van der Waals surface area contributed by atoms with Gasteiger partial charge in [-0.25, -0.2) is 0 Å². The van der Waals surface area contributed by atoms with E-state index in [0.717, 1.165) is 0 Å². The molecule has 0 atom stereocenters. The molecule has 0 radical (unpaired) electrons. The Kier molecular flexibility index (Phi) is 2.74. The van der Waals surface area contributed by atoms with Crippen molar-refractivity contribution < 1.29 is 4.74 Å². The average molecular weight is 221 g/mol. The molecule has 4 heteroatoms. The summed E-state index contributed by atoms with van der Waals surface area (Å²) < 4.78 is 5.51. The molecule has 2 aromatic rings. The van der Waals surface area contributed by atoms with Gasteiger partial charge < -0.3 is 10.5 Å². The number of hydrogen-bond acceptors (Lipinski definition) is 3. The summed E-state index contributed by atoms with van der Waals surface area (Å²) in [5, 5.41) is 0.538. The normalized spacial score (nSPS) is 9.93. The molecule has 2 rings (SSSR count). The van der Waals surface area contributed by atoms with E-state index < -0.39 is 0 Å². The van der Waals surface area contributed by atoms with Gasteiger partial charge in [0.25, 0.3) is 0 Å². The van der Waals surface area contributed by atoms with Crippen molar-refractivity contribution in [2.45, 2.75) is 0 Å². The van der Waals surface area contributed by atoms with Crippen LogP contribution >= 0.6 is 11.6 Å². The molecule has 0 spiro atoms. The van der Waals surface area contributed by atoms with Gasteiger partial charge >= 0.3 is 0 Å². The molecule has 0 amide bonds. The third kappa shape index (κ3) is 2.60. The van der Waals surface area contributed by atoms with E-state index in [1.54, 1.807) is 30.6 Å². The van der Waals surface area contributed by atoms with Gasteiger partial charge in [0, 0.05) is 24.0 Å². The number of nitrogens with zero attached hydrogens (tertiary/aromatic N) is 1. The highest BCUT2D eigenvalue weighted by Gasteiger charge is 1.98. The maximum absolute atomic E-state index is 5.78. The minimum atomic E-state index is 0.538. The lowest BCUT2D eigenvalue weighted by Crippen LogP contribution is -1.88. The fourth-order valence-electron chi connectivity index (χ4n) is 1.16. The minimum Gasteiger partial charge on any atom is -0.456 e. The molecule has 3 nitrogen and oxygen atoms in total. The van der Waals surface area contributed by atoms with Crippen molar-refractivity contribution in [3.8, 4) is 11.5 Å². The Morgan fingerprint density at radius 1 is 1.13 bits per heavy atom. The van der Waals surface area contributed by atoms with E-state index >= 15 is 0 Å². The zero-order chi connectivity index (χ0) is 10.7. The van der Waals surface area contributed by atoms with Crippen molar-refractivity contribution in [1.82, 2.24) is 4.98 Å². The van der Waals surface area contributed by atoms with Gasteiger partial charge in [0.15, 0.2) is 0 Å². The topological polar surface area (TPSA) is 48.1 Å². The van der Waals surface area contributed by atoms with E-state index in [0.29, 0.717) is 22.2 Å². The van der Waals surface area contributed by atoms with E-state index in [4.69, 9.17) is 22.1 Å². The summed E-state index contributed by atoms with van der Waals surface area (Å²) in [6, 6.07) is 8.86. The molecule has 1 heterocycles. The SMILES string of the molecule is Nc1cccc(Oc2cncc(Cl)c2)c1. The standard InChI is InChI=1S/C11H9ClN2O/c12-8-4-11(7-14-6-8)15-10-3-1-2-9(13)5-10/h1-7H,13H2. The predicted molar refractivity (Wildman–Crippen MR) is 60.2 cm³/mol. The second-order valence-corrected chi connectivity index (χ2v) is 3.45. The van der Waals surface area contributed by atoms with E-state index in [-0.39, 0.29) is 0 Å². The summed E-state index contributed by atoms with van der Waals surface area (Å²) in [6.07, 6.45) is 3.14. The number of rotatable bonds is 2. The van der Waals surface area contributed by atoms with Crippen molar-refractivity contribution in [1.29, 1.82) is 0 Å². The first-order valence-corrected chi connectivity index (χ1v) is 4.76. The average Bonchev–Trinajstić information content (AvgIpc) is 2.17. The zero-order valence-corrected chi connectivity index (χ0v) is 8.61. The summed E-state index contributed by atoms with van der Waals surface area (Å²) in [5.74, 6) is 1.26.